The Kier molecular flexibility index (Phi) is 3.18. The molecule has 92 valence electrons. The molecule has 1 aliphatic rings. The maximum atomic E-state index is 6.19. The van der Waals surface area contributed by atoms with Gasteiger partial charge in [-0.3, -0.25) is 0 Å². The molecule has 3 rings (SSSR count). The van der Waals surface area contributed by atoms with Gasteiger partial charge >= 0.3 is 0 Å². The third-order valence-electron chi connectivity index (χ3n) is 3.06. The highest BCUT2D eigenvalue weighted by Crippen LogP contribution is 2.31. The predicted molar refractivity (Wildman–Crippen MR) is 74.5 cm³/mol. The van der Waals surface area contributed by atoms with Crippen LogP contribution < -0.4 is 0 Å². The quantitative estimate of drug-likeness (QED) is 0.720. The maximum Gasteiger partial charge on any atom is 0.161 e. The van der Waals surface area contributed by atoms with Gasteiger partial charge in [0.2, 0.25) is 0 Å². The van der Waals surface area contributed by atoms with Gasteiger partial charge in [-0.1, -0.05) is 34.8 Å². The number of hydrogen-bond acceptors (Lipinski definition) is 2. The van der Waals surface area contributed by atoms with E-state index in [-0.39, 0.29) is 0 Å². The first-order valence-corrected chi connectivity index (χ1v) is 6.79. The zero-order valence-corrected chi connectivity index (χ0v) is 11.6. The summed E-state index contributed by atoms with van der Waals surface area (Å²) in [6.45, 7) is 0. The fourth-order valence-corrected chi connectivity index (χ4v) is 2.73. The Hall–Kier alpha value is -0.830. The largest absolute Gasteiger partial charge is 0.233 e. The van der Waals surface area contributed by atoms with Crippen molar-refractivity contribution < 1.29 is 0 Å². The number of fused-ring (bicyclic) bond motifs is 1. The van der Waals surface area contributed by atoms with Crippen molar-refractivity contribution in [3.63, 3.8) is 0 Å². The van der Waals surface area contributed by atoms with Crippen molar-refractivity contribution in [3.8, 4) is 11.4 Å². The molecule has 0 bridgehead atoms. The van der Waals surface area contributed by atoms with E-state index in [1.165, 1.54) is 0 Å². The van der Waals surface area contributed by atoms with Crippen molar-refractivity contribution in [2.45, 2.75) is 19.3 Å². The highest BCUT2D eigenvalue weighted by atomic mass is 35.5. The molecule has 1 aromatic heterocycles. The van der Waals surface area contributed by atoms with Crippen molar-refractivity contribution in [1.82, 2.24) is 9.97 Å². The van der Waals surface area contributed by atoms with Crippen LogP contribution in [0, 0.1) is 0 Å². The topological polar surface area (TPSA) is 25.8 Å². The summed E-state index contributed by atoms with van der Waals surface area (Å²) in [6, 6.07) is 5.35. The number of aromatic nitrogens is 2. The van der Waals surface area contributed by atoms with E-state index in [2.05, 4.69) is 9.97 Å². The lowest BCUT2D eigenvalue weighted by molar-refractivity contribution is 0.900. The zero-order chi connectivity index (χ0) is 12.7. The Morgan fingerprint density at radius 2 is 1.78 bits per heavy atom. The fraction of sp³-hybridized carbons (Fsp3) is 0.231. The number of hydrogen-bond donors (Lipinski definition) is 0. The van der Waals surface area contributed by atoms with Gasteiger partial charge in [-0.15, -0.1) is 0 Å². The monoisotopic (exact) mass is 298 g/mol. The molecule has 2 aromatic rings. The summed E-state index contributed by atoms with van der Waals surface area (Å²) in [5.74, 6) is 0.610. The molecule has 5 heteroatoms. The van der Waals surface area contributed by atoms with E-state index >= 15 is 0 Å². The molecule has 2 nitrogen and oxygen atoms in total. The molecule has 0 unspecified atom stereocenters. The van der Waals surface area contributed by atoms with Crippen LogP contribution in [0.3, 0.4) is 0 Å². The lowest BCUT2D eigenvalue weighted by Gasteiger charge is -2.06. The highest BCUT2D eigenvalue weighted by Gasteiger charge is 2.18. The summed E-state index contributed by atoms with van der Waals surface area (Å²) in [5.41, 5.74) is 2.97. The second-order valence-electron chi connectivity index (χ2n) is 4.25. The molecule has 0 saturated heterocycles. The normalized spacial score (nSPS) is 13.7. The number of benzene rings is 1. The fourth-order valence-electron chi connectivity index (χ4n) is 2.15. The van der Waals surface area contributed by atoms with Gasteiger partial charge in [-0.25, -0.2) is 9.97 Å². The number of rotatable bonds is 1. The molecular formula is C13H9Cl3N2. The van der Waals surface area contributed by atoms with E-state index in [4.69, 9.17) is 34.8 Å². The summed E-state index contributed by atoms with van der Waals surface area (Å²) in [5, 5.41) is 1.57. The molecule has 0 fully saturated rings. The Labute approximate surface area is 120 Å². The summed E-state index contributed by atoms with van der Waals surface area (Å²) in [7, 11) is 0. The average Bonchev–Trinajstić information content (AvgIpc) is 2.81. The van der Waals surface area contributed by atoms with Crippen LogP contribution >= 0.6 is 34.8 Å². The molecule has 0 radical (unpaired) electrons. The van der Waals surface area contributed by atoms with Crippen LogP contribution in [-0.2, 0) is 12.8 Å². The average molecular weight is 300 g/mol. The lowest BCUT2D eigenvalue weighted by Crippen LogP contribution is -1.97. The number of halogens is 3. The Bertz CT molecular complexity index is 626. The molecule has 0 amide bonds. The van der Waals surface area contributed by atoms with Gasteiger partial charge in [-0.2, -0.15) is 0 Å². The van der Waals surface area contributed by atoms with Crippen LogP contribution in [0.1, 0.15) is 17.7 Å². The summed E-state index contributed by atoms with van der Waals surface area (Å²) < 4.78 is 0. The first-order valence-electron chi connectivity index (χ1n) is 5.66. The predicted octanol–water partition coefficient (Wildman–Crippen LogP) is 4.59. The van der Waals surface area contributed by atoms with Crippen LogP contribution in [-0.4, -0.2) is 9.97 Å². The van der Waals surface area contributed by atoms with Crippen LogP contribution in [0.2, 0.25) is 15.2 Å². The molecule has 0 aliphatic heterocycles. The van der Waals surface area contributed by atoms with Crippen molar-refractivity contribution in [2.75, 3.05) is 0 Å². The SMILES string of the molecule is Clc1ccc(-c2nc(Cl)c3c(n2)CCC3)cc1Cl. The van der Waals surface area contributed by atoms with Gasteiger partial charge in [0.1, 0.15) is 5.15 Å². The molecule has 0 atom stereocenters. The van der Waals surface area contributed by atoms with Gasteiger partial charge in [-0.05, 0) is 37.5 Å². The minimum absolute atomic E-state index is 0.495. The molecule has 0 saturated carbocycles. The van der Waals surface area contributed by atoms with E-state index in [0.29, 0.717) is 21.0 Å². The third-order valence-corrected chi connectivity index (χ3v) is 4.11. The maximum absolute atomic E-state index is 6.19. The van der Waals surface area contributed by atoms with E-state index in [1.54, 1.807) is 12.1 Å². The molecule has 0 N–H and O–H groups in total. The number of aryl methyl sites for hydroxylation is 1. The van der Waals surface area contributed by atoms with E-state index in [9.17, 15) is 0 Å². The summed E-state index contributed by atoms with van der Waals surface area (Å²) >= 11 is 18.1. The summed E-state index contributed by atoms with van der Waals surface area (Å²) in [6.07, 6.45) is 3.02. The van der Waals surface area contributed by atoms with E-state index in [1.807, 2.05) is 6.07 Å². The van der Waals surface area contributed by atoms with Gasteiger partial charge < -0.3 is 0 Å². The number of nitrogens with zero attached hydrogens (tertiary/aromatic N) is 2. The molecular weight excluding hydrogens is 291 g/mol. The van der Waals surface area contributed by atoms with Crippen LogP contribution in [0.25, 0.3) is 11.4 Å². The van der Waals surface area contributed by atoms with Gasteiger partial charge in [0, 0.05) is 16.8 Å². The zero-order valence-electron chi connectivity index (χ0n) is 9.38. The van der Waals surface area contributed by atoms with Gasteiger partial charge in [0.05, 0.1) is 10.0 Å². The second-order valence-corrected chi connectivity index (χ2v) is 5.42. The third kappa shape index (κ3) is 2.09. The van der Waals surface area contributed by atoms with Crippen molar-refractivity contribution in [3.05, 3.63) is 44.7 Å². The Morgan fingerprint density at radius 1 is 0.944 bits per heavy atom. The van der Waals surface area contributed by atoms with E-state index < -0.39 is 0 Å². The summed E-state index contributed by atoms with van der Waals surface area (Å²) in [4.78, 5) is 8.90. The van der Waals surface area contributed by atoms with Crippen molar-refractivity contribution in [1.29, 1.82) is 0 Å². The second kappa shape index (κ2) is 4.69. The van der Waals surface area contributed by atoms with Crippen LogP contribution in [0.15, 0.2) is 18.2 Å². The van der Waals surface area contributed by atoms with Gasteiger partial charge in [0.25, 0.3) is 0 Å². The van der Waals surface area contributed by atoms with Gasteiger partial charge in [0.15, 0.2) is 5.82 Å². The van der Waals surface area contributed by atoms with Crippen molar-refractivity contribution in [2.24, 2.45) is 0 Å². The minimum Gasteiger partial charge on any atom is -0.233 e. The highest BCUT2D eigenvalue weighted by molar-refractivity contribution is 6.42. The molecule has 1 aliphatic carbocycles. The molecule has 1 aromatic carbocycles. The van der Waals surface area contributed by atoms with Crippen LogP contribution in [0.4, 0.5) is 0 Å². The first-order chi connectivity index (χ1) is 8.65. The molecule has 18 heavy (non-hydrogen) atoms. The lowest BCUT2D eigenvalue weighted by atomic mass is 10.2. The molecule has 0 spiro atoms. The standard InChI is InChI=1S/C13H9Cl3N2/c14-9-5-4-7(6-10(9)15)13-17-11-3-1-2-8(11)12(16)18-13/h4-6H,1-3H2. The molecule has 1 heterocycles. The first kappa shape index (κ1) is 12.2. The van der Waals surface area contributed by atoms with Crippen LogP contribution in [0.5, 0.6) is 0 Å². The van der Waals surface area contributed by atoms with Crippen molar-refractivity contribution >= 4 is 34.8 Å². The Morgan fingerprint density at radius 3 is 2.56 bits per heavy atom. The Balaban J connectivity index is 2.12. The minimum atomic E-state index is 0.495. The smallest absolute Gasteiger partial charge is 0.161 e. The van der Waals surface area contributed by atoms with E-state index in [0.717, 1.165) is 36.1 Å².